The molecule has 0 unspecified atom stereocenters. The highest BCUT2D eigenvalue weighted by Gasteiger charge is 2.29. The maximum Gasteiger partial charge on any atom is 0.324 e. The van der Waals surface area contributed by atoms with Crippen molar-refractivity contribution in [1.29, 1.82) is 0 Å². The lowest BCUT2D eigenvalue weighted by molar-refractivity contribution is 0.0857. The predicted octanol–water partition coefficient (Wildman–Crippen LogP) is 4.81. The van der Waals surface area contributed by atoms with Crippen molar-refractivity contribution in [1.82, 2.24) is 19.6 Å². The molecule has 0 N–H and O–H groups in total. The summed E-state index contributed by atoms with van der Waals surface area (Å²) < 4.78 is 7.20. The third kappa shape index (κ3) is 5.91. The summed E-state index contributed by atoms with van der Waals surface area (Å²) >= 11 is 0. The summed E-state index contributed by atoms with van der Waals surface area (Å²) in [5, 5.41) is 4.54. The Kier molecular flexibility index (Phi) is 8.08. The van der Waals surface area contributed by atoms with Crippen LogP contribution in [0.5, 0.6) is 5.75 Å². The van der Waals surface area contributed by atoms with Crippen LogP contribution in [0.2, 0.25) is 0 Å². The van der Waals surface area contributed by atoms with Gasteiger partial charge in [-0.05, 0) is 80.7 Å². The van der Waals surface area contributed by atoms with Gasteiger partial charge in [-0.25, -0.2) is 4.79 Å². The van der Waals surface area contributed by atoms with E-state index in [0.717, 1.165) is 35.7 Å². The predicted molar refractivity (Wildman–Crippen MR) is 149 cm³/mol. The van der Waals surface area contributed by atoms with Gasteiger partial charge < -0.3 is 14.5 Å². The van der Waals surface area contributed by atoms with Gasteiger partial charge in [0.2, 0.25) is 0 Å². The molecule has 0 radical (unpaired) electrons. The van der Waals surface area contributed by atoms with E-state index >= 15 is 0 Å². The van der Waals surface area contributed by atoms with Crippen LogP contribution in [-0.4, -0.2) is 78.3 Å². The Balaban J connectivity index is 1.13. The SMILES string of the molecule is COc1ccc(C(=O)C2CCN(C(=O)N(C)c3ccc(-c4cnn(CCN5CCCC5)c4)cc3)CC2)cc1. The number of amides is 2. The Morgan fingerprint density at radius 1 is 0.921 bits per heavy atom. The van der Waals surface area contributed by atoms with E-state index in [-0.39, 0.29) is 17.7 Å². The van der Waals surface area contributed by atoms with Gasteiger partial charge in [0.05, 0.1) is 19.9 Å². The van der Waals surface area contributed by atoms with Crippen molar-refractivity contribution in [3.05, 3.63) is 66.5 Å². The fourth-order valence-electron chi connectivity index (χ4n) is 5.41. The molecule has 2 aromatic carbocycles. The zero-order chi connectivity index (χ0) is 26.5. The number of nitrogens with zero attached hydrogens (tertiary/aromatic N) is 5. The van der Waals surface area contributed by atoms with Gasteiger partial charge >= 0.3 is 6.03 Å². The van der Waals surface area contributed by atoms with Crippen molar-refractivity contribution < 1.29 is 14.3 Å². The lowest BCUT2D eigenvalue weighted by atomic mass is 9.89. The average molecular weight is 516 g/mol. The second-order valence-corrected chi connectivity index (χ2v) is 10.3. The molecular weight excluding hydrogens is 478 g/mol. The summed E-state index contributed by atoms with van der Waals surface area (Å²) in [5.74, 6) is 0.817. The third-order valence-electron chi connectivity index (χ3n) is 7.86. The molecule has 2 amide bonds. The number of hydrogen-bond acceptors (Lipinski definition) is 5. The molecule has 1 aromatic heterocycles. The number of carbonyl (C=O) groups is 2. The lowest BCUT2D eigenvalue weighted by Crippen LogP contribution is -2.46. The molecule has 2 aliphatic rings. The smallest absolute Gasteiger partial charge is 0.324 e. The minimum Gasteiger partial charge on any atom is -0.497 e. The Bertz CT molecular complexity index is 1220. The average Bonchev–Trinajstić information content (AvgIpc) is 3.68. The van der Waals surface area contributed by atoms with E-state index in [0.29, 0.717) is 31.5 Å². The first-order valence-corrected chi connectivity index (χ1v) is 13.6. The molecule has 38 heavy (non-hydrogen) atoms. The zero-order valence-corrected chi connectivity index (χ0v) is 22.4. The maximum absolute atomic E-state index is 13.2. The molecule has 2 fully saturated rings. The molecule has 0 bridgehead atoms. The number of ketones is 1. The van der Waals surface area contributed by atoms with Crippen LogP contribution in [0.4, 0.5) is 10.5 Å². The number of aromatic nitrogens is 2. The molecule has 8 heteroatoms. The van der Waals surface area contributed by atoms with Crippen LogP contribution < -0.4 is 9.64 Å². The van der Waals surface area contributed by atoms with Crippen LogP contribution in [-0.2, 0) is 6.54 Å². The Hall–Kier alpha value is -3.65. The van der Waals surface area contributed by atoms with Crippen molar-refractivity contribution in [3.8, 4) is 16.9 Å². The number of piperidine rings is 1. The first kappa shape index (κ1) is 26.0. The van der Waals surface area contributed by atoms with Crippen LogP contribution in [0.1, 0.15) is 36.0 Å². The summed E-state index contributed by atoms with van der Waals surface area (Å²) in [6.45, 7) is 5.48. The van der Waals surface area contributed by atoms with Crippen LogP contribution in [0.3, 0.4) is 0 Å². The van der Waals surface area contributed by atoms with Crippen molar-refractivity contribution in [3.63, 3.8) is 0 Å². The number of likely N-dealkylation sites (tertiary alicyclic amines) is 2. The molecule has 0 saturated carbocycles. The highest BCUT2D eigenvalue weighted by atomic mass is 16.5. The van der Waals surface area contributed by atoms with E-state index in [4.69, 9.17) is 4.74 Å². The van der Waals surface area contributed by atoms with Gasteiger partial charge in [0, 0.05) is 55.6 Å². The van der Waals surface area contributed by atoms with Crippen LogP contribution in [0.15, 0.2) is 60.9 Å². The second-order valence-electron chi connectivity index (χ2n) is 10.3. The molecule has 2 aliphatic heterocycles. The Morgan fingerprint density at radius 3 is 2.26 bits per heavy atom. The highest BCUT2D eigenvalue weighted by Crippen LogP contribution is 2.26. The van der Waals surface area contributed by atoms with Gasteiger partial charge in [0.15, 0.2) is 5.78 Å². The summed E-state index contributed by atoms with van der Waals surface area (Å²) in [5.41, 5.74) is 3.71. The summed E-state index contributed by atoms with van der Waals surface area (Å²) in [6.07, 6.45) is 7.95. The molecule has 5 rings (SSSR count). The molecule has 2 saturated heterocycles. The minimum absolute atomic E-state index is 0.0390. The van der Waals surface area contributed by atoms with Crippen LogP contribution in [0, 0.1) is 5.92 Å². The first-order valence-electron chi connectivity index (χ1n) is 13.6. The molecule has 0 aliphatic carbocycles. The Labute approximate surface area is 224 Å². The van der Waals surface area contributed by atoms with Crippen LogP contribution in [0.25, 0.3) is 11.1 Å². The van der Waals surface area contributed by atoms with Gasteiger partial charge in [0.1, 0.15) is 5.75 Å². The number of methoxy groups -OCH3 is 1. The normalized spacial score (nSPS) is 16.5. The van der Waals surface area contributed by atoms with Gasteiger partial charge in [-0.1, -0.05) is 12.1 Å². The van der Waals surface area contributed by atoms with Crippen molar-refractivity contribution >= 4 is 17.5 Å². The highest BCUT2D eigenvalue weighted by molar-refractivity contribution is 5.98. The number of carbonyl (C=O) groups excluding carboxylic acids is 2. The molecule has 3 heterocycles. The number of rotatable bonds is 8. The zero-order valence-electron chi connectivity index (χ0n) is 22.4. The van der Waals surface area contributed by atoms with Gasteiger partial charge in [-0.3, -0.25) is 14.4 Å². The molecular formula is C30H37N5O3. The quantitative estimate of drug-likeness (QED) is 0.403. The van der Waals surface area contributed by atoms with Gasteiger partial charge in [-0.15, -0.1) is 0 Å². The number of benzene rings is 2. The van der Waals surface area contributed by atoms with Crippen molar-refractivity contribution in [2.45, 2.75) is 32.2 Å². The maximum atomic E-state index is 13.2. The summed E-state index contributed by atoms with van der Waals surface area (Å²) in [6, 6.07) is 15.3. The van der Waals surface area contributed by atoms with Crippen LogP contribution >= 0.6 is 0 Å². The molecule has 200 valence electrons. The Morgan fingerprint density at radius 2 is 1.61 bits per heavy atom. The van der Waals surface area contributed by atoms with E-state index < -0.39 is 0 Å². The molecule has 0 atom stereocenters. The third-order valence-corrected chi connectivity index (χ3v) is 7.86. The monoisotopic (exact) mass is 515 g/mol. The van der Waals surface area contributed by atoms with E-state index in [1.165, 1.54) is 25.9 Å². The fourth-order valence-corrected chi connectivity index (χ4v) is 5.41. The minimum atomic E-state index is -0.0618. The van der Waals surface area contributed by atoms with Crippen molar-refractivity contribution in [2.24, 2.45) is 5.92 Å². The molecule has 8 nitrogen and oxygen atoms in total. The standard InChI is InChI=1S/C30H37N5O3/c1-32(30(37)34-17-13-25(14-18-34)29(36)24-7-11-28(38-2)12-8-24)27-9-5-23(6-10-27)26-21-31-35(22-26)20-19-33-15-3-4-16-33/h5-12,21-22,25H,3-4,13-20H2,1-2H3. The lowest BCUT2D eigenvalue weighted by Gasteiger charge is -2.34. The molecule has 0 spiro atoms. The van der Waals surface area contributed by atoms with E-state index in [2.05, 4.69) is 16.2 Å². The number of hydrogen-bond donors (Lipinski definition) is 0. The van der Waals surface area contributed by atoms with E-state index in [1.54, 1.807) is 12.0 Å². The summed E-state index contributed by atoms with van der Waals surface area (Å²) in [4.78, 5) is 32.1. The number of Topliss-reactive ketones (excluding diaryl/α,β-unsaturated/α-hetero) is 1. The fraction of sp³-hybridized carbons (Fsp3) is 0.433. The number of ether oxygens (including phenoxy) is 1. The largest absolute Gasteiger partial charge is 0.497 e. The van der Waals surface area contributed by atoms with E-state index in [1.807, 2.05) is 71.4 Å². The number of urea groups is 1. The second kappa shape index (κ2) is 11.8. The summed E-state index contributed by atoms with van der Waals surface area (Å²) in [7, 11) is 3.42. The first-order chi connectivity index (χ1) is 18.5. The van der Waals surface area contributed by atoms with Crippen molar-refractivity contribution in [2.75, 3.05) is 51.8 Å². The number of anilines is 1. The topological polar surface area (TPSA) is 70.9 Å². The van der Waals surface area contributed by atoms with E-state index in [9.17, 15) is 9.59 Å². The van der Waals surface area contributed by atoms with Gasteiger partial charge in [-0.2, -0.15) is 5.10 Å². The molecule has 3 aromatic rings. The van der Waals surface area contributed by atoms with Gasteiger partial charge in [0.25, 0.3) is 0 Å².